The van der Waals surface area contributed by atoms with E-state index in [1.165, 1.54) is 11.1 Å². The van der Waals surface area contributed by atoms with Crippen LogP contribution in [0.25, 0.3) is 0 Å². The van der Waals surface area contributed by atoms with Crippen molar-refractivity contribution >= 4 is 23.4 Å². The molecule has 0 spiro atoms. The van der Waals surface area contributed by atoms with E-state index in [2.05, 4.69) is 38.1 Å². The summed E-state index contributed by atoms with van der Waals surface area (Å²) in [5, 5.41) is 0.00352. The van der Waals surface area contributed by atoms with E-state index >= 15 is 0 Å². The lowest BCUT2D eigenvalue weighted by atomic mass is 10.1. The van der Waals surface area contributed by atoms with Gasteiger partial charge in [0.15, 0.2) is 0 Å². The fraction of sp³-hybridized carbons (Fsp3) is 0.278. The largest absolute Gasteiger partial charge is 0.497 e. The summed E-state index contributed by atoms with van der Waals surface area (Å²) in [5.74, 6) is 1.48. The number of amides is 1. The molecule has 0 radical (unpaired) electrons. The van der Waals surface area contributed by atoms with Crippen molar-refractivity contribution in [2.24, 2.45) is 0 Å². The van der Waals surface area contributed by atoms with Gasteiger partial charge < -0.3 is 4.74 Å². The van der Waals surface area contributed by atoms with Crippen LogP contribution in [0.2, 0.25) is 0 Å². The van der Waals surface area contributed by atoms with Crippen molar-refractivity contribution in [1.29, 1.82) is 0 Å². The molecule has 1 atom stereocenters. The second-order valence-electron chi connectivity index (χ2n) is 5.55. The molecule has 0 saturated carbocycles. The average molecular weight is 313 g/mol. The second kappa shape index (κ2) is 6.05. The van der Waals surface area contributed by atoms with Crippen molar-refractivity contribution in [3.8, 4) is 5.75 Å². The first-order valence-corrected chi connectivity index (χ1v) is 8.29. The monoisotopic (exact) mass is 313 g/mol. The molecule has 3 rings (SSSR count). The van der Waals surface area contributed by atoms with Crippen molar-refractivity contribution in [1.82, 2.24) is 0 Å². The number of nitrogens with zero attached hydrogens (tertiary/aromatic N) is 1. The number of hydrogen-bond acceptors (Lipinski definition) is 3. The molecule has 0 aromatic heterocycles. The van der Waals surface area contributed by atoms with Crippen molar-refractivity contribution in [3.63, 3.8) is 0 Å². The molecule has 0 aliphatic carbocycles. The second-order valence-corrected chi connectivity index (χ2v) is 6.62. The van der Waals surface area contributed by atoms with E-state index in [1.54, 1.807) is 18.9 Å². The lowest BCUT2D eigenvalue weighted by molar-refractivity contribution is -0.115. The van der Waals surface area contributed by atoms with Crippen molar-refractivity contribution in [2.45, 2.75) is 19.2 Å². The third-order valence-electron chi connectivity index (χ3n) is 3.73. The van der Waals surface area contributed by atoms with Gasteiger partial charge in [-0.2, -0.15) is 0 Å². The molecule has 1 aliphatic heterocycles. The fourth-order valence-electron chi connectivity index (χ4n) is 2.83. The highest BCUT2D eigenvalue weighted by molar-refractivity contribution is 8.00. The molecule has 1 aliphatic rings. The molecule has 2 aromatic carbocycles. The number of anilines is 1. The first-order valence-electron chi connectivity index (χ1n) is 7.24. The van der Waals surface area contributed by atoms with E-state index < -0.39 is 0 Å². The van der Waals surface area contributed by atoms with E-state index in [0.717, 1.165) is 17.0 Å². The van der Waals surface area contributed by atoms with Crippen LogP contribution in [0.15, 0.2) is 42.5 Å². The molecule has 0 bridgehead atoms. The fourth-order valence-corrected chi connectivity index (χ4v) is 4.00. The van der Waals surface area contributed by atoms with E-state index in [-0.39, 0.29) is 11.3 Å². The number of aryl methyl sites for hydroxylation is 2. The highest BCUT2D eigenvalue weighted by Gasteiger charge is 2.34. The third-order valence-corrected chi connectivity index (χ3v) is 4.94. The number of ether oxygens (including phenoxy) is 1. The Labute approximate surface area is 135 Å². The molecule has 22 heavy (non-hydrogen) atoms. The SMILES string of the molecule is COc1cccc([C@@H]2SCC(=O)N2c2cc(C)cc(C)c2)c1. The maximum absolute atomic E-state index is 12.4. The Morgan fingerprint density at radius 3 is 2.55 bits per heavy atom. The van der Waals surface area contributed by atoms with Crippen LogP contribution >= 0.6 is 11.8 Å². The van der Waals surface area contributed by atoms with Crippen LogP contribution < -0.4 is 9.64 Å². The van der Waals surface area contributed by atoms with E-state index in [4.69, 9.17) is 4.74 Å². The van der Waals surface area contributed by atoms with Crippen LogP contribution in [0.5, 0.6) is 5.75 Å². The first-order chi connectivity index (χ1) is 10.6. The summed E-state index contributed by atoms with van der Waals surface area (Å²) in [6.07, 6.45) is 0. The normalized spacial score (nSPS) is 17.9. The van der Waals surface area contributed by atoms with Crippen LogP contribution in [0.3, 0.4) is 0 Å². The molecular formula is C18H19NO2S. The summed E-state index contributed by atoms with van der Waals surface area (Å²) in [6.45, 7) is 4.12. The first kappa shape index (κ1) is 15.0. The standard InChI is InChI=1S/C18H19NO2S/c1-12-7-13(2)9-15(8-12)19-17(20)11-22-18(19)14-5-4-6-16(10-14)21-3/h4-10,18H,11H2,1-3H3/t18-/m0/s1. The molecule has 1 saturated heterocycles. The van der Waals surface area contributed by atoms with Gasteiger partial charge in [0.2, 0.25) is 5.91 Å². The number of rotatable bonds is 3. The van der Waals surface area contributed by atoms with Crippen LogP contribution in [0.4, 0.5) is 5.69 Å². The predicted molar refractivity (Wildman–Crippen MR) is 91.6 cm³/mol. The lowest BCUT2D eigenvalue weighted by Crippen LogP contribution is -2.28. The van der Waals surface area contributed by atoms with E-state index in [1.807, 2.05) is 23.1 Å². The Kier molecular flexibility index (Phi) is 4.12. The Hall–Kier alpha value is -1.94. The molecule has 2 aromatic rings. The number of thioether (sulfide) groups is 1. The Balaban J connectivity index is 2.01. The summed E-state index contributed by atoms with van der Waals surface area (Å²) in [6, 6.07) is 14.2. The number of hydrogen-bond donors (Lipinski definition) is 0. The predicted octanol–water partition coefficient (Wildman–Crippen LogP) is 4.09. The Morgan fingerprint density at radius 2 is 1.86 bits per heavy atom. The highest BCUT2D eigenvalue weighted by Crippen LogP contribution is 2.42. The minimum Gasteiger partial charge on any atom is -0.497 e. The number of carbonyl (C=O) groups is 1. The lowest BCUT2D eigenvalue weighted by Gasteiger charge is -2.25. The maximum atomic E-state index is 12.4. The van der Waals surface area contributed by atoms with Gasteiger partial charge in [0.25, 0.3) is 0 Å². The number of carbonyl (C=O) groups excluding carboxylic acids is 1. The van der Waals surface area contributed by atoms with Crippen molar-refractivity contribution in [2.75, 3.05) is 17.8 Å². The summed E-state index contributed by atoms with van der Waals surface area (Å²) < 4.78 is 5.31. The molecular weight excluding hydrogens is 294 g/mol. The summed E-state index contributed by atoms with van der Waals surface area (Å²) in [5.41, 5.74) is 4.41. The zero-order chi connectivity index (χ0) is 15.7. The topological polar surface area (TPSA) is 29.5 Å². The summed E-state index contributed by atoms with van der Waals surface area (Å²) >= 11 is 1.66. The van der Waals surface area contributed by atoms with Gasteiger partial charge in [-0.15, -0.1) is 11.8 Å². The van der Waals surface area contributed by atoms with Gasteiger partial charge in [0.05, 0.1) is 12.9 Å². The molecule has 3 nitrogen and oxygen atoms in total. The Bertz CT molecular complexity index is 694. The van der Waals surface area contributed by atoms with Gasteiger partial charge in [0.1, 0.15) is 11.1 Å². The van der Waals surface area contributed by atoms with Gasteiger partial charge in [0, 0.05) is 5.69 Å². The summed E-state index contributed by atoms with van der Waals surface area (Å²) in [7, 11) is 1.66. The van der Waals surface area contributed by atoms with Crippen LogP contribution in [0.1, 0.15) is 22.1 Å². The zero-order valence-electron chi connectivity index (χ0n) is 13.0. The maximum Gasteiger partial charge on any atom is 0.238 e. The zero-order valence-corrected chi connectivity index (χ0v) is 13.8. The number of methoxy groups -OCH3 is 1. The van der Waals surface area contributed by atoms with Crippen LogP contribution in [-0.4, -0.2) is 18.8 Å². The molecule has 0 N–H and O–H groups in total. The van der Waals surface area contributed by atoms with Crippen molar-refractivity contribution in [3.05, 3.63) is 59.2 Å². The average Bonchev–Trinajstić information content (AvgIpc) is 2.88. The van der Waals surface area contributed by atoms with E-state index in [9.17, 15) is 4.79 Å². The molecule has 114 valence electrons. The van der Waals surface area contributed by atoms with E-state index in [0.29, 0.717) is 5.75 Å². The van der Waals surface area contributed by atoms with Gasteiger partial charge in [-0.1, -0.05) is 18.2 Å². The minimum atomic E-state index is 0.00352. The number of benzene rings is 2. The summed E-state index contributed by atoms with van der Waals surface area (Å²) in [4.78, 5) is 14.3. The minimum absolute atomic E-state index is 0.00352. The van der Waals surface area contributed by atoms with Gasteiger partial charge >= 0.3 is 0 Å². The molecule has 4 heteroatoms. The molecule has 1 heterocycles. The molecule has 0 unspecified atom stereocenters. The Morgan fingerprint density at radius 1 is 1.14 bits per heavy atom. The molecule has 1 fully saturated rings. The quantitative estimate of drug-likeness (QED) is 0.855. The molecule has 1 amide bonds. The third kappa shape index (κ3) is 2.83. The highest BCUT2D eigenvalue weighted by atomic mass is 32.2. The van der Waals surface area contributed by atoms with Gasteiger partial charge in [-0.05, 0) is 54.8 Å². The van der Waals surface area contributed by atoms with Crippen LogP contribution in [-0.2, 0) is 4.79 Å². The van der Waals surface area contributed by atoms with Gasteiger partial charge in [-0.25, -0.2) is 0 Å². The van der Waals surface area contributed by atoms with Crippen LogP contribution in [0, 0.1) is 13.8 Å². The van der Waals surface area contributed by atoms with Gasteiger partial charge in [-0.3, -0.25) is 9.69 Å². The smallest absolute Gasteiger partial charge is 0.238 e. The van der Waals surface area contributed by atoms with Crippen molar-refractivity contribution < 1.29 is 9.53 Å².